The summed E-state index contributed by atoms with van der Waals surface area (Å²) in [7, 11) is -3.32. The lowest BCUT2D eigenvalue weighted by atomic mass is 10.0. The number of anilines is 1. The molecule has 106 valence electrons. The quantitative estimate of drug-likeness (QED) is 0.862. The second kappa shape index (κ2) is 4.78. The lowest BCUT2D eigenvalue weighted by molar-refractivity contribution is 0.570. The van der Waals surface area contributed by atoms with E-state index in [2.05, 4.69) is 15.5 Å². The molecule has 0 spiro atoms. The summed E-state index contributed by atoms with van der Waals surface area (Å²) >= 11 is 1.38. The van der Waals surface area contributed by atoms with Gasteiger partial charge >= 0.3 is 0 Å². The molecular formula is C12H12FN3O2S2. The summed E-state index contributed by atoms with van der Waals surface area (Å²) in [4.78, 5) is 0.198. The van der Waals surface area contributed by atoms with Crippen molar-refractivity contribution >= 4 is 26.3 Å². The van der Waals surface area contributed by atoms with E-state index >= 15 is 0 Å². The lowest BCUT2D eigenvalue weighted by Gasteiger charge is -2.25. The van der Waals surface area contributed by atoms with Crippen molar-refractivity contribution in [2.75, 3.05) is 11.1 Å². The summed E-state index contributed by atoms with van der Waals surface area (Å²) in [5, 5.41) is 12.4. The molecule has 0 aliphatic carbocycles. The highest BCUT2D eigenvalue weighted by Crippen LogP contribution is 2.35. The summed E-state index contributed by atoms with van der Waals surface area (Å²) in [6.07, 6.45) is 0.386. The van der Waals surface area contributed by atoms with Crippen LogP contribution >= 0.6 is 11.3 Å². The number of hydrogen-bond acceptors (Lipinski definition) is 6. The molecule has 1 atom stereocenters. The fraction of sp³-hybridized carbons (Fsp3) is 0.333. The molecule has 2 heterocycles. The van der Waals surface area contributed by atoms with Crippen molar-refractivity contribution in [3.8, 4) is 0 Å². The van der Waals surface area contributed by atoms with Crippen LogP contribution in [-0.2, 0) is 9.84 Å². The molecule has 3 rings (SSSR count). The van der Waals surface area contributed by atoms with Crippen molar-refractivity contribution in [1.82, 2.24) is 10.2 Å². The predicted octanol–water partition coefficient (Wildman–Crippen LogP) is 2.32. The van der Waals surface area contributed by atoms with Crippen molar-refractivity contribution in [3.63, 3.8) is 0 Å². The summed E-state index contributed by atoms with van der Waals surface area (Å²) in [6, 6.07) is 3.52. The van der Waals surface area contributed by atoms with Gasteiger partial charge in [0, 0.05) is 0 Å². The number of hydrogen-bond donors (Lipinski definition) is 1. The van der Waals surface area contributed by atoms with Gasteiger partial charge in [0.25, 0.3) is 0 Å². The average Bonchev–Trinajstić information content (AvgIpc) is 2.78. The van der Waals surface area contributed by atoms with Gasteiger partial charge in [-0.2, -0.15) is 0 Å². The van der Waals surface area contributed by atoms with Crippen LogP contribution in [0.25, 0.3) is 0 Å². The van der Waals surface area contributed by atoms with E-state index in [0.29, 0.717) is 17.1 Å². The second-order valence-electron chi connectivity index (χ2n) is 4.61. The van der Waals surface area contributed by atoms with E-state index in [4.69, 9.17) is 0 Å². The van der Waals surface area contributed by atoms with Crippen molar-refractivity contribution in [1.29, 1.82) is 0 Å². The van der Waals surface area contributed by atoms with E-state index in [1.165, 1.54) is 29.5 Å². The Kier molecular flexibility index (Phi) is 3.21. The van der Waals surface area contributed by atoms with Gasteiger partial charge in [0.2, 0.25) is 5.13 Å². The molecule has 2 aromatic rings. The van der Waals surface area contributed by atoms with Gasteiger partial charge in [0.1, 0.15) is 10.8 Å². The van der Waals surface area contributed by atoms with Crippen molar-refractivity contribution in [3.05, 3.63) is 34.6 Å². The average molecular weight is 313 g/mol. The molecule has 1 aromatic heterocycles. The molecular weight excluding hydrogens is 301 g/mol. The normalized spacial score (nSPS) is 20.4. The first kappa shape index (κ1) is 13.4. The Morgan fingerprint density at radius 1 is 1.40 bits per heavy atom. The van der Waals surface area contributed by atoms with Crippen LogP contribution in [0.5, 0.6) is 0 Å². The highest BCUT2D eigenvalue weighted by molar-refractivity contribution is 7.91. The Bertz CT molecular complexity index is 758. The van der Waals surface area contributed by atoms with E-state index in [9.17, 15) is 12.8 Å². The lowest BCUT2D eigenvalue weighted by Crippen LogP contribution is -2.24. The summed E-state index contributed by atoms with van der Waals surface area (Å²) < 4.78 is 37.4. The molecule has 20 heavy (non-hydrogen) atoms. The van der Waals surface area contributed by atoms with Crippen LogP contribution in [-0.4, -0.2) is 24.4 Å². The minimum absolute atomic E-state index is 0.0427. The Balaban J connectivity index is 2.00. The maximum atomic E-state index is 13.4. The molecule has 1 aliphatic rings. The Labute approximate surface area is 119 Å². The van der Waals surface area contributed by atoms with Crippen molar-refractivity contribution in [2.45, 2.75) is 24.3 Å². The van der Waals surface area contributed by atoms with Gasteiger partial charge in [-0.25, -0.2) is 12.8 Å². The van der Waals surface area contributed by atoms with Crippen LogP contribution in [0.2, 0.25) is 0 Å². The number of benzene rings is 1. The van der Waals surface area contributed by atoms with Gasteiger partial charge in [-0.15, -0.1) is 10.2 Å². The van der Waals surface area contributed by atoms with Crippen LogP contribution in [0.1, 0.15) is 23.0 Å². The molecule has 1 aliphatic heterocycles. The zero-order valence-electron chi connectivity index (χ0n) is 10.6. The third-order valence-corrected chi connectivity index (χ3v) is 5.77. The van der Waals surface area contributed by atoms with E-state index in [1.807, 2.05) is 6.92 Å². The van der Waals surface area contributed by atoms with Crippen molar-refractivity contribution < 1.29 is 12.8 Å². The predicted molar refractivity (Wildman–Crippen MR) is 74.1 cm³/mol. The molecule has 0 fully saturated rings. The van der Waals surface area contributed by atoms with Crippen LogP contribution in [0.15, 0.2) is 23.1 Å². The summed E-state index contributed by atoms with van der Waals surface area (Å²) in [6.45, 7) is 1.84. The number of sulfone groups is 1. The maximum Gasteiger partial charge on any atom is 0.206 e. The Hall–Kier alpha value is -1.54. The molecule has 0 saturated heterocycles. The third-order valence-electron chi connectivity index (χ3n) is 3.18. The first-order valence-corrected chi connectivity index (χ1v) is 8.51. The molecule has 5 nitrogen and oxygen atoms in total. The number of nitrogens with zero attached hydrogens (tertiary/aromatic N) is 2. The van der Waals surface area contributed by atoms with E-state index in [1.54, 1.807) is 0 Å². The molecule has 0 amide bonds. The highest BCUT2D eigenvalue weighted by Gasteiger charge is 2.31. The molecule has 1 N–H and O–H groups in total. The van der Waals surface area contributed by atoms with E-state index in [0.717, 1.165) is 5.01 Å². The van der Waals surface area contributed by atoms with Gasteiger partial charge in [-0.1, -0.05) is 11.3 Å². The fourth-order valence-electron chi connectivity index (χ4n) is 2.27. The molecule has 1 aromatic carbocycles. The zero-order chi connectivity index (χ0) is 14.3. The molecule has 1 unspecified atom stereocenters. The van der Waals surface area contributed by atoms with Crippen molar-refractivity contribution in [2.24, 2.45) is 0 Å². The fourth-order valence-corrected chi connectivity index (χ4v) is 4.51. The number of nitrogens with one attached hydrogen (secondary N) is 1. The van der Waals surface area contributed by atoms with Gasteiger partial charge < -0.3 is 5.32 Å². The highest BCUT2D eigenvalue weighted by atomic mass is 32.2. The molecule has 0 radical (unpaired) electrons. The van der Waals surface area contributed by atoms with Gasteiger partial charge in [-0.3, -0.25) is 0 Å². The smallest absolute Gasteiger partial charge is 0.206 e. The van der Waals surface area contributed by atoms with Crippen LogP contribution in [0.4, 0.5) is 9.52 Å². The largest absolute Gasteiger partial charge is 0.353 e. The Morgan fingerprint density at radius 2 is 2.20 bits per heavy atom. The number of fused-ring (bicyclic) bond motifs is 1. The minimum atomic E-state index is -3.32. The van der Waals surface area contributed by atoms with Gasteiger partial charge in [-0.05, 0) is 37.1 Å². The first-order chi connectivity index (χ1) is 9.45. The summed E-state index contributed by atoms with van der Waals surface area (Å²) in [5.41, 5.74) is 0.462. The molecule has 8 heteroatoms. The minimum Gasteiger partial charge on any atom is -0.353 e. The van der Waals surface area contributed by atoms with E-state index < -0.39 is 15.7 Å². The number of aromatic nitrogens is 2. The first-order valence-electron chi connectivity index (χ1n) is 6.04. The maximum absolute atomic E-state index is 13.4. The van der Waals surface area contributed by atoms with Gasteiger partial charge in [0.05, 0.1) is 16.7 Å². The van der Waals surface area contributed by atoms with E-state index in [-0.39, 0.29) is 16.7 Å². The molecule has 0 bridgehead atoms. The Morgan fingerprint density at radius 3 is 2.90 bits per heavy atom. The zero-order valence-corrected chi connectivity index (χ0v) is 12.3. The monoisotopic (exact) mass is 313 g/mol. The number of aryl methyl sites for hydroxylation is 1. The molecule has 0 saturated carbocycles. The summed E-state index contributed by atoms with van der Waals surface area (Å²) in [5.74, 6) is -0.401. The van der Waals surface area contributed by atoms with Gasteiger partial charge in [0.15, 0.2) is 9.84 Å². The topological polar surface area (TPSA) is 72.0 Å². The van der Waals surface area contributed by atoms with Crippen LogP contribution < -0.4 is 5.32 Å². The number of halogens is 1. The standard InChI is InChI=1S/C12H12FN3O2S2/c1-7-15-16-12(19-7)14-10-4-5-20(17,18)11-3-2-8(13)6-9(10)11/h2-3,6,10H,4-5H2,1H3,(H,14,16). The number of rotatable bonds is 2. The van der Waals surface area contributed by atoms with Crippen LogP contribution in [0, 0.1) is 12.7 Å². The third kappa shape index (κ3) is 2.40. The van der Waals surface area contributed by atoms with Crippen LogP contribution in [0.3, 0.4) is 0 Å². The SMILES string of the molecule is Cc1nnc(NC2CCS(=O)(=O)c3ccc(F)cc32)s1. The second-order valence-corrected chi connectivity index (χ2v) is 7.87.